The summed E-state index contributed by atoms with van der Waals surface area (Å²) in [6.07, 6.45) is 0. The molecule has 29 heavy (non-hydrogen) atoms. The Labute approximate surface area is 176 Å². The molecule has 0 bridgehead atoms. The van der Waals surface area contributed by atoms with Gasteiger partial charge in [0.05, 0.1) is 0 Å². The summed E-state index contributed by atoms with van der Waals surface area (Å²) in [6, 6.07) is 24.5. The number of benzene rings is 3. The molecule has 0 N–H and O–H groups in total. The van der Waals surface area contributed by atoms with E-state index in [-0.39, 0.29) is 11.0 Å². The number of fused-ring (bicyclic) bond motifs is 3. The van der Waals surface area contributed by atoms with Crippen LogP contribution in [0.5, 0.6) is 0 Å². The molecule has 3 aromatic rings. The Bertz CT molecular complexity index is 1040. The van der Waals surface area contributed by atoms with E-state index in [9.17, 15) is 0 Å². The van der Waals surface area contributed by atoms with Crippen molar-refractivity contribution < 1.29 is 0 Å². The number of rotatable bonds is 3. The van der Waals surface area contributed by atoms with Crippen molar-refractivity contribution in [3.63, 3.8) is 0 Å². The first kappa shape index (κ1) is 19.8. The fourth-order valence-electron chi connectivity index (χ4n) is 5.05. The molecule has 4 rings (SSSR count). The molecule has 0 saturated heterocycles. The van der Waals surface area contributed by atoms with Gasteiger partial charge in [0.2, 0.25) is 0 Å². The molecule has 0 heterocycles. The van der Waals surface area contributed by atoms with Gasteiger partial charge in [-0.2, -0.15) is 0 Å². The van der Waals surface area contributed by atoms with E-state index in [4.69, 9.17) is 0 Å². The van der Waals surface area contributed by atoms with Crippen LogP contribution in [-0.2, 0) is 5.41 Å². The Morgan fingerprint density at radius 3 is 2.00 bits per heavy atom. The normalized spacial score (nSPS) is 14.6. The van der Waals surface area contributed by atoms with E-state index in [0.29, 0.717) is 5.92 Å². The quantitative estimate of drug-likeness (QED) is 0.442. The lowest BCUT2D eigenvalue weighted by molar-refractivity contribution is 0.557. The van der Waals surface area contributed by atoms with Crippen molar-refractivity contribution in [2.45, 2.75) is 65.3 Å². The van der Waals surface area contributed by atoms with E-state index in [1.807, 2.05) is 0 Å². The number of hydrogen-bond acceptors (Lipinski definition) is 1. The van der Waals surface area contributed by atoms with Gasteiger partial charge in [-0.05, 0) is 72.7 Å². The summed E-state index contributed by atoms with van der Waals surface area (Å²) >= 11 is 0. The molecule has 0 unspecified atom stereocenters. The van der Waals surface area contributed by atoms with Crippen molar-refractivity contribution in [3.05, 3.63) is 83.4 Å². The van der Waals surface area contributed by atoms with Crippen LogP contribution < -0.4 is 4.90 Å². The van der Waals surface area contributed by atoms with Crippen molar-refractivity contribution >= 4 is 11.4 Å². The molecule has 3 aromatic carbocycles. The fourth-order valence-corrected chi connectivity index (χ4v) is 5.05. The standard InChI is InChI=1S/C28H33N/c1-19(2)25-24(29(27(3,4)5)20-13-9-8-10-14-20)18-17-23-26(25)21-15-11-12-16-22(21)28(23,6)7/h8-19H,1-7H3. The van der Waals surface area contributed by atoms with Crippen LogP contribution in [0.2, 0.25) is 0 Å². The van der Waals surface area contributed by atoms with Crippen LogP contribution in [0.25, 0.3) is 11.1 Å². The summed E-state index contributed by atoms with van der Waals surface area (Å²) in [6.45, 7) is 16.3. The first-order valence-corrected chi connectivity index (χ1v) is 10.8. The first-order chi connectivity index (χ1) is 13.6. The Balaban J connectivity index is 2.06. The molecular formula is C28H33N. The van der Waals surface area contributed by atoms with Crippen molar-refractivity contribution in [2.75, 3.05) is 4.90 Å². The maximum atomic E-state index is 2.51. The third kappa shape index (κ3) is 3.08. The van der Waals surface area contributed by atoms with Gasteiger partial charge in [0.25, 0.3) is 0 Å². The molecule has 1 heteroatoms. The molecule has 0 aliphatic heterocycles. The molecule has 1 aliphatic rings. The minimum absolute atomic E-state index is 0.0349. The van der Waals surface area contributed by atoms with Crippen LogP contribution in [0.4, 0.5) is 11.4 Å². The van der Waals surface area contributed by atoms with Crippen LogP contribution >= 0.6 is 0 Å². The Morgan fingerprint density at radius 2 is 1.38 bits per heavy atom. The topological polar surface area (TPSA) is 3.24 Å². The van der Waals surface area contributed by atoms with Gasteiger partial charge < -0.3 is 4.90 Å². The summed E-state index contributed by atoms with van der Waals surface area (Å²) < 4.78 is 0. The Morgan fingerprint density at radius 1 is 0.759 bits per heavy atom. The van der Waals surface area contributed by atoms with Crippen LogP contribution in [-0.4, -0.2) is 5.54 Å². The monoisotopic (exact) mass is 383 g/mol. The minimum atomic E-state index is -0.0349. The number of anilines is 2. The predicted octanol–water partition coefficient (Wildman–Crippen LogP) is 8.05. The highest BCUT2D eigenvalue weighted by atomic mass is 15.2. The van der Waals surface area contributed by atoms with E-state index in [0.717, 1.165) is 0 Å². The number of hydrogen-bond donors (Lipinski definition) is 0. The third-order valence-corrected chi connectivity index (χ3v) is 6.27. The molecular weight excluding hydrogens is 350 g/mol. The lowest BCUT2D eigenvalue weighted by Gasteiger charge is -2.40. The highest BCUT2D eigenvalue weighted by Gasteiger charge is 2.39. The van der Waals surface area contributed by atoms with Gasteiger partial charge in [-0.15, -0.1) is 0 Å². The lowest BCUT2D eigenvalue weighted by atomic mass is 9.81. The van der Waals surface area contributed by atoms with Crippen molar-refractivity contribution in [1.82, 2.24) is 0 Å². The van der Waals surface area contributed by atoms with Crippen molar-refractivity contribution in [3.8, 4) is 11.1 Å². The summed E-state index contributed by atoms with van der Waals surface area (Å²) in [7, 11) is 0. The molecule has 0 radical (unpaired) electrons. The number of para-hydroxylation sites is 1. The van der Waals surface area contributed by atoms with E-state index in [1.54, 1.807) is 0 Å². The average molecular weight is 384 g/mol. The van der Waals surface area contributed by atoms with Gasteiger partial charge in [-0.1, -0.05) is 76.2 Å². The zero-order chi connectivity index (χ0) is 21.0. The lowest BCUT2D eigenvalue weighted by Crippen LogP contribution is -2.38. The average Bonchev–Trinajstić information content (AvgIpc) is 2.89. The van der Waals surface area contributed by atoms with E-state index in [1.165, 1.54) is 39.2 Å². The molecule has 1 nitrogen and oxygen atoms in total. The third-order valence-electron chi connectivity index (χ3n) is 6.27. The van der Waals surface area contributed by atoms with Gasteiger partial charge >= 0.3 is 0 Å². The molecule has 0 aromatic heterocycles. The summed E-state index contributed by atoms with van der Waals surface area (Å²) in [4.78, 5) is 2.51. The summed E-state index contributed by atoms with van der Waals surface area (Å²) in [5.41, 5.74) is 9.77. The second-order valence-electron chi connectivity index (χ2n) is 10.1. The van der Waals surface area contributed by atoms with E-state index in [2.05, 4.69) is 120 Å². The number of nitrogens with zero attached hydrogens (tertiary/aromatic N) is 1. The molecule has 1 aliphatic carbocycles. The zero-order valence-corrected chi connectivity index (χ0v) is 18.9. The highest BCUT2D eigenvalue weighted by molar-refractivity contribution is 5.88. The maximum absolute atomic E-state index is 2.51. The first-order valence-electron chi connectivity index (χ1n) is 10.8. The van der Waals surface area contributed by atoms with Crippen LogP contribution in [0.1, 0.15) is 71.1 Å². The van der Waals surface area contributed by atoms with Gasteiger partial charge in [0.1, 0.15) is 0 Å². The molecule has 0 amide bonds. The fraction of sp³-hybridized carbons (Fsp3) is 0.357. The summed E-state index contributed by atoms with van der Waals surface area (Å²) in [5.74, 6) is 0.426. The SMILES string of the molecule is CC(C)c1c(N(c2ccccc2)C(C)(C)C)ccc2c1-c1ccccc1C2(C)C. The second kappa shape index (κ2) is 6.76. The predicted molar refractivity (Wildman–Crippen MR) is 126 cm³/mol. The van der Waals surface area contributed by atoms with Crippen LogP contribution in [0, 0.1) is 0 Å². The van der Waals surface area contributed by atoms with Gasteiger partial charge in [-0.25, -0.2) is 0 Å². The molecule has 0 spiro atoms. The highest BCUT2D eigenvalue weighted by Crippen LogP contribution is 2.54. The van der Waals surface area contributed by atoms with Crippen molar-refractivity contribution in [1.29, 1.82) is 0 Å². The smallest absolute Gasteiger partial charge is 0.0457 e. The maximum Gasteiger partial charge on any atom is 0.0457 e. The largest absolute Gasteiger partial charge is 0.336 e. The van der Waals surface area contributed by atoms with E-state index >= 15 is 0 Å². The Hall–Kier alpha value is -2.54. The Kier molecular flexibility index (Phi) is 4.61. The minimum Gasteiger partial charge on any atom is -0.336 e. The molecule has 150 valence electrons. The van der Waals surface area contributed by atoms with Crippen LogP contribution in [0.15, 0.2) is 66.7 Å². The molecule has 0 atom stereocenters. The van der Waals surface area contributed by atoms with Gasteiger partial charge in [-0.3, -0.25) is 0 Å². The van der Waals surface area contributed by atoms with Crippen molar-refractivity contribution in [2.24, 2.45) is 0 Å². The van der Waals surface area contributed by atoms with E-state index < -0.39 is 0 Å². The van der Waals surface area contributed by atoms with Gasteiger partial charge in [0.15, 0.2) is 0 Å². The van der Waals surface area contributed by atoms with Gasteiger partial charge in [0, 0.05) is 22.3 Å². The molecule has 0 saturated carbocycles. The summed E-state index contributed by atoms with van der Waals surface area (Å²) in [5, 5.41) is 0. The zero-order valence-electron chi connectivity index (χ0n) is 18.9. The molecule has 0 fully saturated rings. The second-order valence-corrected chi connectivity index (χ2v) is 10.1. The van der Waals surface area contributed by atoms with Crippen LogP contribution in [0.3, 0.4) is 0 Å².